The zero-order valence-corrected chi connectivity index (χ0v) is 14.4. The molecule has 0 amide bonds. The summed E-state index contributed by atoms with van der Waals surface area (Å²) in [5.41, 5.74) is 3.59. The number of ether oxygens (including phenoxy) is 1. The van der Waals surface area contributed by atoms with Crippen molar-refractivity contribution in [2.75, 3.05) is 6.61 Å². The van der Waals surface area contributed by atoms with E-state index in [1.165, 1.54) is 29.7 Å². The Morgan fingerprint density at radius 3 is 2.62 bits per heavy atom. The van der Waals surface area contributed by atoms with Gasteiger partial charge in [-0.3, -0.25) is 0 Å². The monoisotopic (exact) mass is 320 g/mol. The van der Waals surface area contributed by atoms with Crippen molar-refractivity contribution in [1.29, 1.82) is 0 Å². The standard InChI is InChI=1S/C21H24N2O/c1-15(2)17-7-3-6-10-20(17)24-14-13-23-19-9-5-4-8-18(19)22-21(23)16-11-12-16/h3-10,15-16H,11-14H2,1-2H3. The van der Waals surface area contributed by atoms with Crippen molar-refractivity contribution in [2.45, 2.75) is 45.1 Å². The summed E-state index contributed by atoms with van der Waals surface area (Å²) < 4.78 is 8.48. The van der Waals surface area contributed by atoms with E-state index in [0.29, 0.717) is 18.4 Å². The summed E-state index contributed by atoms with van der Waals surface area (Å²) >= 11 is 0. The molecular weight excluding hydrogens is 296 g/mol. The van der Waals surface area contributed by atoms with Gasteiger partial charge < -0.3 is 9.30 Å². The Balaban J connectivity index is 1.54. The van der Waals surface area contributed by atoms with Gasteiger partial charge in [0, 0.05) is 5.92 Å². The van der Waals surface area contributed by atoms with Gasteiger partial charge in [-0.25, -0.2) is 4.98 Å². The molecule has 3 aromatic rings. The number of aromatic nitrogens is 2. The van der Waals surface area contributed by atoms with Gasteiger partial charge in [-0.1, -0.05) is 44.2 Å². The molecule has 0 aliphatic heterocycles. The molecule has 1 saturated carbocycles. The van der Waals surface area contributed by atoms with Crippen molar-refractivity contribution in [2.24, 2.45) is 0 Å². The van der Waals surface area contributed by atoms with Crippen LogP contribution in [0.4, 0.5) is 0 Å². The predicted octanol–water partition coefficient (Wildman–Crippen LogP) is 5.12. The molecule has 1 aliphatic rings. The first kappa shape index (κ1) is 15.3. The average Bonchev–Trinajstić information content (AvgIpc) is 3.38. The molecule has 2 aromatic carbocycles. The first-order valence-corrected chi connectivity index (χ1v) is 8.91. The number of benzene rings is 2. The maximum Gasteiger partial charge on any atom is 0.122 e. The summed E-state index contributed by atoms with van der Waals surface area (Å²) in [7, 11) is 0. The molecule has 1 aliphatic carbocycles. The third-order valence-corrected chi connectivity index (χ3v) is 4.74. The first-order valence-electron chi connectivity index (χ1n) is 8.91. The number of hydrogen-bond donors (Lipinski definition) is 0. The quantitative estimate of drug-likeness (QED) is 0.630. The van der Waals surface area contributed by atoms with Crippen LogP contribution in [0.1, 0.15) is 49.9 Å². The Kier molecular flexibility index (Phi) is 4.01. The largest absolute Gasteiger partial charge is 0.491 e. The number of para-hydroxylation sites is 3. The Hall–Kier alpha value is -2.29. The second-order valence-electron chi connectivity index (χ2n) is 6.93. The Morgan fingerprint density at radius 1 is 1.08 bits per heavy atom. The maximum atomic E-state index is 6.13. The van der Waals surface area contributed by atoms with Crippen LogP contribution in [-0.4, -0.2) is 16.2 Å². The number of rotatable bonds is 6. The third-order valence-electron chi connectivity index (χ3n) is 4.74. The lowest BCUT2D eigenvalue weighted by Gasteiger charge is -2.15. The number of nitrogens with zero attached hydrogens (tertiary/aromatic N) is 2. The molecule has 1 heterocycles. The maximum absolute atomic E-state index is 6.13. The molecule has 0 saturated heterocycles. The Morgan fingerprint density at radius 2 is 1.83 bits per heavy atom. The zero-order chi connectivity index (χ0) is 16.5. The normalized spacial score (nSPS) is 14.5. The van der Waals surface area contributed by atoms with Crippen LogP contribution in [0.3, 0.4) is 0 Å². The second kappa shape index (κ2) is 6.31. The highest BCUT2D eigenvalue weighted by atomic mass is 16.5. The van der Waals surface area contributed by atoms with Crippen molar-refractivity contribution in [3.8, 4) is 5.75 Å². The molecule has 24 heavy (non-hydrogen) atoms. The van der Waals surface area contributed by atoms with E-state index in [1.54, 1.807) is 0 Å². The summed E-state index contributed by atoms with van der Waals surface area (Å²) in [6, 6.07) is 16.8. The lowest BCUT2D eigenvalue weighted by Crippen LogP contribution is -2.11. The number of fused-ring (bicyclic) bond motifs is 1. The van der Waals surface area contributed by atoms with E-state index >= 15 is 0 Å². The zero-order valence-electron chi connectivity index (χ0n) is 14.4. The molecule has 0 N–H and O–H groups in total. The van der Waals surface area contributed by atoms with Crippen LogP contribution in [0.2, 0.25) is 0 Å². The molecule has 3 heteroatoms. The van der Waals surface area contributed by atoms with Gasteiger partial charge in [-0.05, 0) is 42.5 Å². The molecule has 0 bridgehead atoms. The van der Waals surface area contributed by atoms with Crippen molar-refractivity contribution in [3.05, 3.63) is 59.9 Å². The van der Waals surface area contributed by atoms with E-state index in [4.69, 9.17) is 9.72 Å². The van der Waals surface area contributed by atoms with Gasteiger partial charge in [0.1, 0.15) is 18.2 Å². The van der Waals surface area contributed by atoms with Gasteiger partial charge in [0.05, 0.1) is 17.6 Å². The minimum atomic E-state index is 0.470. The van der Waals surface area contributed by atoms with Crippen LogP contribution in [0.25, 0.3) is 11.0 Å². The molecule has 124 valence electrons. The summed E-state index contributed by atoms with van der Waals surface area (Å²) in [5.74, 6) is 3.35. The van der Waals surface area contributed by atoms with E-state index in [9.17, 15) is 0 Å². The van der Waals surface area contributed by atoms with Crippen LogP contribution in [0, 0.1) is 0 Å². The van der Waals surface area contributed by atoms with Crippen LogP contribution in [-0.2, 0) is 6.54 Å². The van der Waals surface area contributed by atoms with Crippen molar-refractivity contribution in [3.63, 3.8) is 0 Å². The topological polar surface area (TPSA) is 27.1 Å². The predicted molar refractivity (Wildman–Crippen MR) is 97.7 cm³/mol. The number of hydrogen-bond acceptors (Lipinski definition) is 2. The van der Waals surface area contributed by atoms with Crippen LogP contribution in [0.15, 0.2) is 48.5 Å². The Labute approximate surface area is 143 Å². The minimum absolute atomic E-state index is 0.470. The van der Waals surface area contributed by atoms with Gasteiger partial charge in [0.2, 0.25) is 0 Å². The fourth-order valence-corrected chi connectivity index (χ4v) is 3.32. The fourth-order valence-electron chi connectivity index (χ4n) is 3.32. The van der Waals surface area contributed by atoms with E-state index in [-0.39, 0.29) is 0 Å². The van der Waals surface area contributed by atoms with Gasteiger partial charge >= 0.3 is 0 Å². The van der Waals surface area contributed by atoms with Gasteiger partial charge in [0.25, 0.3) is 0 Å². The first-order chi connectivity index (χ1) is 11.7. The molecule has 0 atom stereocenters. The van der Waals surface area contributed by atoms with E-state index < -0.39 is 0 Å². The number of imidazole rings is 1. The fraction of sp³-hybridized carbons (Fsp3) is 0.381. The van der Waals surface area contributed by atoms with Crippen LogP contribution < -0.4 is 4.74 Å². The van der Waals surface area contributed by atoms with E-state index in [2.05, 4.69) is 60.9 Å². The lowest BCUT2D eigenvalue weighted by atomic mass is 10.0. The highest BCUT2D eigenvalue weighted by Crippen LogP contribution is 2.40. The van der Waals surface area contributed by atoms with Gasteiger partial charge in [-0.15, -0.1) is 0 Å². The molecule has 0 radical (unpaired) electrons. The molecular formula is C21H24N2O. The average molecular weight is 320 g/mol. The molecule has 0 unspecified atom stereocenters. The molecule has 1 fully saturated rings. The lowest BCUT2D eigenvalue weighted by molar-refractivity contribution is 0.294. The van der Waals surface area contributed by atoms with Crippen LogP contribution >= 0.6 is 0 Å². The van der Waals surface area contributed by atoms with Crippen LogP contribution in [0.5, 0.6) is 5.75 Å². The molecule has 0 spiro atoms. The molecule has 3 nitrogen and oxygen atoms in total. The summed E-state index contributed by atoms with van der Waals surface area (Å²) in [6.45, 7) is 5.93. The third kappa shape index (κ3) is 2.91. The highest BCUT2D eigenvalue weighted by molar-refractivity contribution is 5.76. The van der Waals surface area contributed by atoms with Crippen molar-refractivity contribution < 1.29 is 4.74 Å². The van der Waals surface area contributed by atoms with Crippen molar-refractivity contribution >= 4 is 11.0 Å². The smallest absolute Gasteiger partial charge is 0.122 e. The summed E-state index contributed by atoms with van der Waals surface area (Å²) in [4.78, 5) is 4.85. The van der Waals surface area contributed by atoms with Crippen molar-refractivity contribution in [1.82, 2.24) is 9.55 Å². The highest BCUT2D eigenvalue weighted by Gasteiger charge is 2.29. The summed E-state index contributed by atoms with van der Waals surface area (Å²) in [6.07, 6.45) is 2.53. The van der Waals surface area contributed by atoms with Gasteiger partial charge in [-0.2, -0.15) is 0 Å². The SMILES string of the molecule is CC(C)c1ccccc1OCCn1c(C2CC2)nc2ccccc21. The second-order valence-corrected chi connectivity index (χ2v) is 6.93. The molecule has 1 aromatic heterocycles. The summed E-state index contributed by atoms with van der Waals surface area (Å²) in [5, 5.41) is 0. The van der Waals surface area contributed by atoms with Gasteiger partial charge in [0.15, 0.2) is 0 Å². The van der Waals surface area contributed by atoms with E-state index in [1.807, 2.05) is 6.07 Å². The molecule has 4 rings (SSSR count). The van der Waals surface area contributed by atoms with E-state index in [0.717, 1.165) is 17.8 Å². The minimum Gasteiger partial charge on any atom is -0.491 e. The Bertz CT molecular complexity index is 846.